The number of aliphatic hydroxyl groups excluding tert-OH is 2. The van der Waals surface area contributed by atoms with E-state index in [4.69, 9.17) is 0 Å². The van der Waals surface area contributed by atoms with Crippen molar-refractivity contribution in [1.82, 2.24) is 0 Å². The average molecular weight is 208 g/mol. The fourth-order valence-electron chi connectivity index (χ4n) is 1.65. The molecule has 0 aliphatic carbocycles. The van der Waals surface area contributed by atoms with Gasteiger partial charge in [0.25, 0.3) is 0 Å². The maximum Gasteiger partial charge on any atom is 0.0840 e. The predicted molar refractivity (Wildman–Crippen MR) is 61.6 cm³/mol. The molecule has 1 aromatic carbocycles. The molecule has 0 aliphatic heterocycles. The molecule has 15 heavy (non-hydrogen) atoms. The van der Waals surface area contributed by atoms with Crippen LogP contribution in [0.15, 0.2) is 24.3 Å². The number of aliphatic hydroxyl groups is 2. The van der Waals surface area contributed by atoms with Crippen LogP contribution in [0.25, 0.3) is 0 Å². The first-order chi connectivity index (χ1) is 7.06. The molecule has 0 saturated carbocycles. The SMILES string of the molecule is CC[C@@H](O)[C@H](C)[C@H](O)c1ccc(C)cc1. The molecule has 0 unspecified atom stereocenters. The Kier molecular flexibility index (Phi) is 4.30. The Morgan fingerprint density at radius 3 is 2.13 bits per heavy atom. The zero-order valence-electron chi connectivity index (χ0n) is 9.64. The van der Waals surface area contributed by atoms with Crippen molar-refractivity contribution in [3.05, 3.63) is 35.4 Å². The molecule has 0 amide bonds. The summed E-state index contributed by atoms with van der Waals surface area (Å²) < 4.78 is 0. The third-order valence-electron chi connectivity index (χ3n) is 2.94. The van der Waals surface area contributed by atoms with Crippen molar-refractivity contribution >= 4 is 0 Å². The number of hydrogen-bond acceptors (Lipinski definition) is 2. The first-order valence-corrected chi connectivity index (χ1v) is 5.49. The van der Waals surface area contributed by atoms with E-state index in [0.717, 1.165) is 5.56 Å². The summed E-state index contributed by atoms with van der Waals surface area (Å²) in [6, 6.07) is 7.78. The Labute approximate surface area is 91.6 Å². The Balaban J connectivity index is 2.75. The van der Waals surface area contributed by atoms with E-state index in [9.17, 15) is 10.2 Å². The number of benzene rings is 1. The summed E-state index contributed by atoms with van der Waals surface area (Å²) >= 11 is 0. The van der Waals surface area contributed by atoms with Gasteiger partial charge in [0.2, 0.25) is 0 Å². The molecular formula is C13H20O2. The van der Waals surface area contributed by atoms with Crippen LogP contribution >= 0.6 is 0 Å². The van der Waals surface area contributed by atoms with Gasteiger partial charge in [-0.15, -0.1) is 0 Å². The summed E-state index contributed by atoms with van der Waals surface area (Å²) in [5.41, 5.74) is 2.05. The third kappa shape index (κ3) is 3.05. The van der Waals surface area contributed by atoms with Crippen molar-refractivity contribution in [2.24, 2.45) is 5.92 Å². The molecule has 0 aromatic heterocycles. The first kappa shape index (κ1) is 12.2. The van der Waals surface area contributed by atoms with Crippen LogP contribution in [-0.4, -0.2) is 16.3 Å². The predicted octanol–water partition coefficient (Wildman–Crippen LogP) is 2.44. The lowest BCUT2D eigenvalue weighted by molar-refractivity contribution is 0.0192. The second kappa shape index (κ2) is 5.29. The molecule has 2 nitrogen and oxygen atoms in total. The zero-order chi connectivity index (χ0) is 11.4. The number of hydrogen-bond donors (Lipinski definition) is 2. The Bertz CT molecular complexity index is 292. The van der Waals surface area contributed by atoms with E-state index in [1.807, 2.05) is 45.0 Å². The lowest BCUT2D eigenvalue weighted by Gasteiger charge is -2.23. The van der Waals surface area contributed by atoms with Gasteiger partial charge in [-0.05, 0) is 18.9 Å². The van der Waals surface area contributed by atoms with Gasteiger partial charge in [-0.1, -0.05) is 43.7 Å². The minimum atomic E-state index is -0.583. The molecule has 2 N–H and O–H groups in total. The fraction of sp³-hybridized carbons (Fsp3) is 0.538. The first-order valence-electron chi connectivity index (χ1n) is 5.49. The van der Waals surface area contributed by atoms with Gasteiger partial charge in [0.15, 0.2) is 0 Å². The van der Waals surface area contributed by atoms with E-state index in [1.54, 1.807) is 0 Å². The minimum Gasteiger partial charge on any atom is -0.393 e. The van der Waals surface area contributed by atoms with E-state index in [0.29, 0.717) is 6.42 Å². The highest BCUT2D eigenvalue weighted by Crippen LogP contribution is 2.25. The Hall–Kier alpha value is -0.860. The van der Waals surface area contributed by atoms with Crippen LogP contribution in [0.2, 0.25) is 0 Å². The average Bonchev–Trinajstić information content (AvgIpc) is 2.27. The van der Waals surface area contributed by atoms with Gasteiger partial charge in [0.05, 0.1) is 12.2 Å². The van der Waals surface area contributed by atoms with Gasteiger partial charge in [-0.25, -0.2) is 0 Å². The van der Waals surface area contributed by atoms with Crippen LogP contribution in [0.3, 0.4) is 0 Å². The Morgan fingerprint density at radius 1 is 1.13 bits per heavy atom. The fourth-order valence-corrected chi connectivity index (χ4v) is 1.65. The molecule has 84 valence electrons. The van der Waals surface area contributed by atoms with Gasteiger partial charge in [-0.2, -0.15) is 0 Å². The van der Waals surface area contributed by atoms with Crippen LogP contribution in [0.5, 0.6) is 0 Å². The summed E-state index contributed by atoms with van der Waals surface area (Å²) in [5, 5.41) is 19.7. The van der Waals surface area contributed by atoms with E-state index in [2.05, 4.69) is 0 Å². The van der Waals surface area contributed by atoms with Gasteiger partial charge < -0.3 is 10.2 Å². The summed E-state index contributed by atoms with van der Waals surface area (Å²) in [7, 11) is 0. The maximum atomic E-state index is 10.0. The molecule has 1 aromatic rings. The molecule has 0 bridgehead atoms. The van der Waals surface area contributed by atoms with Crippen LogP contribution in [0.1, 0.15) is 37.5 Å². The van der Waals surface area contributed by atoms with Crippen molar-refractivity contribution in [2.75, 3.05) is 0 Å². The minimum absolute atomic E-state index is 0.127. The molecule has 1 rings (SSSR count). The number of aryl methyl sites for hydroxylation is 1. The van der Waals surface area contributed by atoms with E-state index in [1.165, 1.54) is 5.56 Å². The van der Waals surface area contributed by atoms with E-state index in [-0.39, 0.29) is 5.92 Å². The van der Waals surface area contributed by atoms with Crippen molar-refractivity contribution in [3.8, 4) is 0 Å². The second-order valence-corrected chi connectivity index (χ2v) is 4.19. The van der Waals surface area contributed by atoms with Crippen LogP contribution in [0, 0.1) is 12.8 Å². The van der Waals surface area contributed by atoms with Gasteiger partial charge in [-0.3, -0.25) is 0 Å². The van der Waals surface area contributed by atoms with Crippen molar-refractivity contribution < 1.29 is 10.2 Å². The quantitative estimate of drug-likeness (QED) is 0.798. The highest BCUT2D eigenvalue weighted by molar-refractivity contribution is 5.23. The summed E-state index contributed by atoms with van der Waals surface area (Å²) in [6.45, 7) is 5.81. The largest absolute Gasteiger partial charge is 0.393 e. The third-order valence-corrected chi connectivity index (χ3v) is 2.94. The molecule has 0 radical (unpaired) electrons. The monoisotopic (exact) mass is 208 g/mol. The summed E-state index contributed by atoms with van der Waals surface area (Å²) in [5.74, 6) is -0.127. The highest BCUT2D eigenvalue weighted by atomic mass is 16.3. The zero-order valence-corrected chi connectivity index (χ0v) is 9.64. The molecule has 0 aliphatic rings. The normalized spacial score (nSPS) is 17.1. The van der Waals surface area contributed by atoms with Crippen molar-refractivity contribution in [1.29, 1.82) is 0 Å². The van der Waals surface area contributed by atoms with Crippen LogP contribution < -0.4 is 0 Å². The smallest absolute Gasteiger partial charge is 0.0840 e. The second-order valence-electron chi connectivity index (χ2n) is 4.19. The summed E-state index contributed by atoms with van der Waals surface area (Å²) in [6.07, 6.45) is -0.355. The van der Waals surface area contributed by atoms with Gasteiger partial charge >= 0.3 is 0 Å². The van der Waals surface area contributed by atoms with Gasteiger partial charge in [0.1, 0.15) is 0 Å². The van der Waals surface area contributed by atoms with Crippen LogP contribution in [-0.2, 0) is 0 Å². The van der Waals surface area contributed by atoms with Crippen molar-refractivity contribution in [3.63, 3.8) is 0 Å². The van der Waals surface area contributed by atoms with Crippen molar-refractivity contribution in [2.45, 2.75) is 39.4 Å². The van der Waals surface area contributed by atoms with E-state index < -0.39 is 12.2 Å². The standard InChI is InChI=1S/C13H20O2/c1-4-12(14)10(3)13(15)11-7-5-9(2)6-8-11/h5-8,10,12-15H,4H2,1-3H3/t10-,12+,13-/m0/s1. The molecule has 3 atom stereocenters. The van der Waals surface area contributed by atoms with E-state index >= 15 is 0 Å². The molecule has 0 heterocycles. The maximum absolute atomic E-state index is 10.0. The molecule has 2 heteroatoms. The van der Waals surface area contributed by atoms with Gasteiger partial charge in [0, 0.05) is 5.92 Å². The Morgan fingerprint density at radius 2 is 1.67 bits per heavy atom. The molecule has 0 fully saturated rings. The highest BCUT2D eigenvalue weighted by Gasteiger charge is 2.22. The lowest BCUT2D eigenvalue weighted by Crippen LogP contribution is -2.23. The molecule has 0 saturated heterocycles. The topological polar surface area (TPSA) is 40.5 Å². The molecular weight excluding hydrogens is 188 g/mol. The lowest BCUT2D eigenvalue weighted by atomic mass is 9.91. The molecule has 0 spiro atoms. The summed E-state index contributed by atoms with van der Waals surface area (Å²) in [4.78, 5) is 0. The van der Waals surface area contributed by atoms with Crippen LogP contribution in [0.4, 0.5) is 0 Å². The number of rotatable bonds is 4.